The lowest BCUT2D eigenvalue weighted by molar-refractivity contribution is -0.137. The first kappa shape index (κ1) is 21.8. The van der Waals surface area contributed by atoms with E-state index in [1.807, 2.05) is 6.92 Å². The molecule has 1 aliphatic heterocycles. The number of piperazine rings is 1. The number of alkyl halides is 3. The number of carbonyl (C=O) groups excluding carboxylic acids is 1. The minimum atomic E-state index is -4.74. The fourth-order valence-electron chi connectivity index (χ4n) is 2.82. The Bertz CT molecular complexity index is 794. The number of halogens is 4. The van der Waals surface area contributed by atoms with Crippen molar-refractivity contribution in [2.75, 3.05) is 49.8 Å². The van der Waals surface area contributed by atoms with Gasteiger partial charge in [0.15, 0.2) is 0 Å². The van der Waals surface area contributed by atoms with Crippen LogP contribution in [0.1, 0.15) is 12.5 Å². The van der Waals surface area contributed by atoms with Gasteiger partial charge in [-0.15, -0.1) is 0 Å². The molecule has 1 aromatic carbocycles. The zero-order chi connectivity index (χ0) is 20.4. The van der Waals surface area contributed by atoms with Gasteiger partial charge in [-0.25, -0.2) is 8.42 Å². The van der Waals surface area contributed by atoms with Crippen molar-refractivity contribution in [1.29, 1.82) is 0 Å². The highest BCUT2D eigenvalue weighted by molar-refractivity contribution is 7.92. The standard InChI is InChI=1S/C16H21ClF3N3O3S/c1-3-21-6-8-22(9-7-21)15(24)11-23(27(2,25)26)12-4-5-14(17)13(10-12)16(18,19)20/h4-5,10H,3,6-9,11H2,1-2H3. The fourth-order valence-corrected chi connectivity index (χ4v) is 3.89. The van der Waals surface area contributed by atoms with Crippen LogP contribution in [-0.4, -0.2) is 69.6 Å². The molecule has 2 rings (SSSR count). The Morgan fingerprint density at radius 1 is 1.22 bits per heavy atom. The van der Waals surface area contributed by atoms with Crippen LogP contribution in [0, 0.1) is 0 Å². The fraction of sp³-hybridized carbons (Fsp3) is 0.562. The number of likely N-dealkylation sites (N-methyl/N-ethyl adjacent to an activating group) is 1. The van der Waals surface area contributed by atoms with E-state index in [1.54, 1.807) is 0 Å². The highest BCUT2D eigenvalue weighted by Gasteiger charge is 2.35. The molecule has 0 unspecified atom stereocenters. The summed E-state index contributed by atoms with van der Waals surface area (Å²) in [5, 5.41) is -0.540. The lowest BCUT2D eigenvalue weighted by atomic mass is 10.2. The average molecular weight is 428 g/mol. The monoisotopic (exact) mass is 427 g/mol. The van der Waals surface area contributed by atoms with E-state index in [9.17, 15) is 26.4 Å². The van der Waals surface area contributed by atoms with Crippen LogP contribution in [0.25, 0.3) is 0 Å². The molecule has 1 heterocycles. The summed E-state index contributed by atoms with van der Waals surface area (Å²) in [5.41, 5.74) is -1.41. The summed E-state index contributed by atoms with van der Waals surface area (Å²) < 4.78 is 64.2. The molecule has 0 N–H and O–H groups in total. The molecule has 1 saturated heterocycles. The number of benzene rings is 1. The van der Waals surface area contributed by atoms with Crippen LogP contribution in [0.2, 0.25) is 5.02 Å². The second-order valence-corrected chi connectivity index (χ2v) is 8.56. The number of nitrogens with zero attached hydrogens (tertiary/aromatic N) is 3. The molecular weight excluding hydrogens is 407 g/mol. The van der Waals surface area contributed by atoms with Crippen LogP contribution >= 0.6 is 11.6 Å². The Morgan fingerprint density at radius 2 is 1.81 bits per heavy atom. The Labute approximate surface area is 161 Å². The van der Waals surface area contributed by atoms with Gasteiger partial charge in [0.25, 0.3) is 0 Å². The van der Waals surface area contributed by atoms with E-state index in [1.165, 1.54) is 4.90 Å². The van der Waals surface area contributed by atoms with Gasteiger partial charge >= 0.3 is 6.18 Å². The van der Waals surface area contributed by atoms with E-state index < -0.39 is 39.2 Å². The van der Waals surface area contributed by atoms with Crippen molar-refractivity contribution in [1.82, 2.24) is 9.80 Å². The summed E-state index contributed by atoms with van der Waals surface area (Å²) in [6, 6.07) is 2.77. The quantitative estimate of drug-likeness (QED) is 0.723. The van der Waals surface area contributed by atoms with Crippen molar-refractivity contribution in [2.24, 2.45) is 0 Å². The van der Waals surface area contributed by atoms with E-state index in [0.717, 1.165) is 24.9 Å². The third kappa shape index (κ3) is 5.49. The molecule has 0 bridgehead atoms. The third-order valence-electron chi connectivity index (χ3n) is 4.39. The van der Waals surface area contributed by atoms with Crippen LogP contribution in [0.3, 0.4) is 0 Å². The zero-order valence-corrected chi connectivity index (χ0v) is 16.5. The lowest BCUT2D eigenvalue weighted by Gasteiger charge is -2.35. The van der Waals surface area contributed by atoms with Crippen molar-refractivity contribution >= 4 is 33.2 Å². The van der Waals surface area contributed by atoms with Crippen molar-refractivity contribution < 1.29 is 26.4 Å². The van der Waals surface area contributed by atoms with E-state index >= 15 is 0 Å². The summed E-state index contributed by atoms with van der Waals surface area (Å²) in [5.74, 6) is -0.459. The van der Waals surface area contributed by atoms with Gasteiger partial charge in [0, 0.05) is 26.2 Å². The van der Waals surface area contributed by atoms with E-state index in [2.05, 4.69) is 4.90 Å². The maximum absolute atomic E-state index is 13.1. The molecule has 0 spiro atoms. The molecule has 0 aliphatic carbocycles. The highest BCUT2D eigenvalue weighted by atomic mass is 35.5. The third-order valence-corrected chi connectivity index (χ3v) is 5.86. The van der Waals surface area contributed by atoms with Crippen LogP contribution in [0.5, 0.6) is 0 Å². The van der Waals surface area contributed by atoms with Crippen LogP contribution in [0.15, 0.2) is 18.2 Å². The van der Waals surface area contributed by atoms with Gasteiger partial charge in [-0.05, 0) is 24.7 Å². The van der Waals surface area contributed by atoms with Crippen molar-refractivity contribution in [2.45, 2.75) is 13.1 Å². The van der Waals surface area contributed by atoms with Crippen LogP contribution in [0.4, 0.5) is 18.9 Å². The first-order valence-electron chi connectivity index (χ1n) is 8.28. The summed E-state index contributed by atoms with van der Waals surface area (Å²) in [7, 11) is -3.98. The minimum absolute atomic E-state index is 0.255. The molecule has 0 aromatic heterocycles. The molecular formula is C16H21ClF3N3O3S. The molecule has 1 aliphatic rings. The van der Waals surface area contributed by atoms with Crippen LogP contribution < -0.4 is 4.31 Å². The van der Waals surface area contributed by atoms with E-state index in [0.29, 0.717) is 36.6 Å². The highest BCUT2D eigenvalue weighted by Crippen LogP contribution is 2.37. The molecule has 1 fully saturated rings. The largest absolute Gasteiger partial charge is 0.417 e. The molecule has 1 amide bonds. The summed E-state index contributed by atoms with van der Waals surface area (Å²) in [6.45, 7) is 4.51. The summed E-state index contributed by atoms with van der Waals surface area (Å²) in [6.07, 6.45) is -3.89. The zero-order valence-electron chi connectivity index (χ0n) is 15.0. The number of carbonyl (C=O) groups is 1. The minimum Gasteiger partial charge on any atom is -0.339 e. The second-order valence-electron chi connectivity index (χ2n) is 6.25. The van der Waals surface area contributed by atoms with Crippen molar-refractivity contribution in [3.63, 3.8) is 0 Å². The number of rotatable bonds is 5. The number of sulfonamides is 1. The molecule has 6 nitrogen and oxygen atoms in total. The van der Waals surface area contributed by atoms with Gasteiger partial charge < -0.3 is 9.80 Å². The number of anilines is 1. The van der Waals surface area contributed by atoms with Gasteiger partial charge in [0.05, 0.1) is 22.5 Å². The smallest absolute Gasteiger partial charge is 0.339 e. The van der Waals surface area contributed by atoms with Gasteiger partial charge in [-0.1, -0.05) is 18.5 Å². The number of hydrogen-bond donors (Lipinski definition) is 0. The Morgan fingerprint density at radius 3 is 2.30 bits per heavy atom. The SMILES string of the molecule is CCN1CCN(C(=O)CN(c2ccc(Cl)c(C(F)(F)F)c2)S(C)(=O)=O)CC1. The number of hydrogen-bond acceptors (Lipinski definition) is 4. The number of amides is 1. The van der Waals surface area contributed by atoms with Crippen molar-refractivity contribution in [3.8, 4) is 0 Å². The second kappa shape index (κ2) is 8.24. The van der Waals surface area contributed by atoms with Crippen LogP contribution in [-0.2, 0) is 21.0 Å². The summed E-state index contributed by atoms with van der Waals surface area (Å²) >= 11 is 5.59. The molecule has 1 aromatic rings. The molecule has 0 saturated carbocycles. The first-order chi connectivity index (χ1) is 12.4. The summed E-state index contributed by atoms with van der Waals surface area (Å²) in [4.78, 5) is 16.2. The Kier molecular flexibility index (Phi) is 6.64. The lowest BCUT2D eigenvalue weighted by Crippen LogP contribution is -2.51. The normalized spacial score (nSPS) is 16.4. The van der Waals surface area contributed by atoms with Crippen molar-refractivity contribution in [3.05, 3.63) is 28.8 Å². The predicted octanol–water partition coefficient (Wildman–Crippen LogP) is 2.29. The molecule has 0 radical (unpaired) electrons. The maximum atomic E-state index is 13.1. The molecule has 27 heavy (non-hydrogen) atoms. The first-order valence-corrected chi connectivity index (χ1v) is 10.5. The molecule has 152 valence electrons. The predicted molar refractivity (Wildman–Crippen MR) is 97.3 cm³/mol. The maximum Gasteiger partial charge on any atom is 0.417 e. The average Bonchev–Trinajstić information content (AvgIpc) is 2.58. The molecule has 11 heteroatoms. The van der Waals surface area contributed by atoms with E-state index in [-0.39, 0.29) is 5.69 Å². The van der Waals surface area contributed by atoms with Gasteiger partial charge in [0.2, 0.25) is 15.9 Å². The topological polar surface area (TPSA) is 60.9 Å². The molecule has 0 atom stereocenters. The van der Waals surface area contributed by atoms with Gasteiger partial charge in [-0.3, -0.25) is 9.10 Å². The van der Waals surface area contributed by atoms with Gasteiger partial charge in [0.1, 0.15) is 6.54 Å². The Balaban J connectivity index is 2.26. The van der Waals surface area contributed by atoms with Gasteiger partial charge in [-0.2, -0.15) is 13.2 Å². The van der Waals surface area contributed by atoms with E-state index in [4.69, 9.17) is 11.6 Å². The Hall–Kier alpha value is -1.52.